The molecule has 0 bridgehead atoms. The van der Waals surface area contributed by atoms with E-state index in [1.807, 2.05) is 0 Å². The van der Waals surface area contributed by atoms with Crippen molar-refractivity contribution < 1.29 is 19.1 Å². The number of rotatable bonds is 6. The number of para-hydroxylation sites is 2. The highest BCUT2D eigenvalue weighted by Gasteiger charge is 2.35. The first-order valence-corrected chi connectivity index (χ1v) is 10.0. The van der Waals surface area contributed by atoms with Crippen molar-refractivity contribution in [2.75, 3.05) is 25.1 Å². The molecule has 0 fully saturated rings. The number of methoxy groups -OCH3 is 1. The molecule has 4 rings (SSSR count). The van der Waals surface area contributed by atoms with E-state index in [1.54, 1.807) is 72.8 Å². The number of hydrogen-bond donors (Lipinski definition) is 0. The standard InChI is InChI=1S/C24H19ClN2O4/c1-31-21-9-5-4-8-20(21)26(22(28)16-10-12-17(25)13-11-16)14-15-27-23(29)18-6-2-3-7-19(18)24(27)30/h2-13H,14-15H2,1H3. The van der Waals surface area contributed by atoms with Crippen LogP contribution in [0.25, 0.3) is 0 Å². The van der Waals surface area contributed by atoms with E-state index in [1.165, 1.54) is 16.9 Å². The SMILES string of the molecule is COc1ccccc1N(CCN1C(=O)c2ccccc2C1=O)C(=O)c1ccc(Cl)cc1. The quantitative estimate of drug-likeness (QED) is 0.543. The van der Waals surface area contributed by atoms with Crippen molar-refractivity contribution in [1.29, 1.82) is 0 Å². The smallest absolute Gasteiger partial charge is 0.261 e. The number of nitrogens with zero attached hydrogens (tertiary/aromatic N) is 2. The van der Waals surface area contributed by atoms with E-state index in [-0.39, 0.29) is 30.8 Å². The number of anilines is 1. The van der Waals surface area contributed by atoms with Gasteiger partial charge in [0.1, 0.15) is 5.75 Å². The van der Waals surface area contributed by atoms with Gasteiger partial charge in [0, 0.05) is 23.7 Å². The molecule has 3 aromatic carbocycles. The summed E-state index contributed by atoms with van der Waals surface area (Å²) in [6.07, 6.45) is 0. The summed E-state index contributed by atoms with van der Waals surface area (Å²) in [5.41, 5.74) is 1.72. The molecule has 0 saturated carbocycles. The molecule has 0 saturated heterocycles. The van der Waals surface area contributed by atoms with Crippen molar-refractivity contribution in [3.05, 3.63) is 94.5 Å². The van der Waals surface area contributed by atoms with E-state index in [0.717, 1.165) is 0 Å². The molecule has 3 aromatic rings. The van der Waals surface area contributed by atoms with Crippen LogP contribution in [0.15, 0.2) is 72.8 Å². The maximum atomic E-state index is 13.3. The predicted octanol–water partition coefficient (Wildman–Crippen LogP) is 4.29. The molecule has 1 aliphatic rings. The molecule has 6 nitrogen and oxygen atoms in total. The van der Waals surface area contributed by atoms with Gasteiger partial charge in [-0.05, 0) is 48.5 Å². The predicted molar refractivity (Wildman–Crippen MR) is 118 cm³/mol. The Morgan fingerprint density at radius 2 is 1.48 bits per heavy atom. The summed E-state index contributed by atoms with van der Waals surface area (Å²) in [6, 6.07) is 20.4. The largest absolute Gasteiger partial charge is 0.495 e. The van der Waals surface area contributed by atoms with Crippen molar-refractivity contribution in [1.82, 2.24) is 4.90 Å². The van der Waals surface area contributed by atoms with Crippen LogP contribution in [0, 0.1) is 0 Å². The van der Waals surface area contributed by atoms with Crippen LogP contribution < -0.4 is 9.64 Å². The molecule has 0 spiro atoms. The van der Waals surface area contributed by atoms with E-state index in [9.17, 15) is 14.4 Å². The van der Waals surface area contributed by atoms with Crippen LogP contribution in [0.4, 0.5) is 5.69 Å². The van der Waals surface area contributed by atoms with Crippen LogP contribution >= 0.6 is 11.6 Å². The van der Waals surface area contributed by atoms with Gasteiger partial charge in [0.2, 0.25) is 0 Å². The summed E-state index contributed by atoms with van der Waals surface area (Å²) < 4.78 is 5.43. The molecule has 0 unspecified atom stereocenters. The van der Waals surface area contributed by atoms with E-state index in [4.69, 9.17) is 16.3 Å². The molecule has 1 heterocycles. The molecule has 0 radical (unpaired) electrons. The maximum Gasteiger partial charge on any atom is 0.261 e. The number of halogens is 1. The zero-order valence-corrected chi connectivity index (χ0v) is 17.5. The third kappa shape index (κ3) is 3.90. The third-order valence-electron chi connectivity index (χ3n) is 5.14. The molecular weight excluding hydrogens is 416 g/mol. The molecule has 0 N–H and O–H groups in total. The number of ether oxygens (including phenoxy) is 1. The zero-order chi connectivity index (χ0) is 22.0. The summed E-state index contributed by atoms with van der Waals surface area (Å²) in [5, 5.41) is 0.520. The fourth-order valence-electron chi connectivity index (χ4n) is 3.57. The topological polar surface area (TPSA) is 66.9 Å². The number of fused-ring (bicyclic) bond motifs is 1. The van der Waals surface area contributed by atoms with Crippen molar-refractivity contribution >= 4 is 35.0 Å². The van der Waals surface area contributed by atoms with Gasteiger partial charge in [-0.15, -0.1) is 0 Å². The summed E-state index contributed by atoms with van der Waals surface area (Å²) in [4.78, 5) is 41.5. The van der Waals surface area contributed by atoms with Crippen molar-refractivity contribution in [2.45, 2.75) is 0 Å². The minimum Gasteiger partial charge on any atom is -0.495 e. The fourth-order valence-corrected chi connectivity index (χ4v) is 3.70. The lowest BCUT2D eigenvalue weighted by molar-refractivity contribution is 0.0654. The number of imide groups is 1. The molecule has 156 valence electrons. The minimum atomic E-state index is -0.362. The minimum absolute atomic E-state index is 0.0454. The molecule has 0 aliphatic carbocycles. The second-order valence-corrected chi connectivity index (χ2v) is 7.38. The second kappa shape index (κ2) is 8.62. The Labute approximate surface area is 184 Å². The molecule has 7 heteroatoms. The normalized spacial score (nSPS) is 12.6. The Hall–Kier alpha value is -3.64. The van der Waals surface area contributed by atoms with Gasteiger partial charge in [-0.25, -0.2) is 0 Å². The highest BCUT2D eigenvalue weighted by atomic mass is 35.5. The van der Waals surface area contributed by atoms with Crippen molar-refractivity contribution in [3.8, 4) is 5.75 Å². The van der Waals surface area contributed by atoms with Gasteiger partial charge < -0.3 is 9.64 Å². The van der Waals surface area contributed by atoms with E-state index < -0.39 is 0 Å². The van der Waals surface area contributed by atoms with Crippen LogP contribution in [0.3, 0.4) is 0 Å². The monoisotopic (exact) mass is 434 g/mol. The Bertz CT molecular complexity index is 1130. The third-order valence-corrected chi connectivity index (χ3v) is 5.39. The number of carbonyl (C=O) groups excluding carboxylic acids is 3. The molecule has 1 aliphatic heterocycles. The number of hydrogen-bond acceptors (Lipinski definition) is 4. The summed E-state index contributed by atoms with van der Waals surface area (Å²) in [7, 11) is 1.52. The Morgan fingerprint density at radius 3 is 2.10 bits per heavy atom. The van der Waals surface area contributed by atoms with E-state index in [2.05, 4.69) is 0 Å². The maximum absolute atomic E-state index is 13.3. The molecule has 3 amide bonds. The molecule has 0 aromatic heterocycles. The molecular formula is C24H19ClN2O4. The van der Waals surface area contributed by atoms with Gasteiger partial charge in [-0.3, -0.25) is 19.3 Å². The lowest BCUT2D eigenvalue weighted by Gasteiger charge is -2.26. The highest BCUT2D eigenvalue weighted by molar-refractivity contribution is 6.30. The van der Waals surface area contributed by atoms with Gasteiger partial charge in [0.15, 0.2) is 0 Å². The van der Waals surface area contributed by atoms with Crippen LogP contribution in [-0.4, -0.2) is 42.8 Å². The summed E-state index contributed by atoms with van der Waals surface area (Å²) >= 11 is 5.96. The molecule has 0 atom stereocenters. The van der Waals surface area contributed by atoms with Crippen molar-refractivity contribution in [3.63, 3.8) is 0 Å². The van der Waals surface area contributed by atoms with Gasteiger partial charge in [-0.2, -0.15) is 0 Å². The first-order chi connectivity index (χ1) is 15.0. The van der Waals surface area contributed by atoms with Crippen LogP contribution in [0.5, 0.6) is 5.75 Å². The number of carbonyl (C=O) groups is 3. The average molecular weight is 435 g/mol. The van der Waals surface area contributed by atoms with Gasteiger partial charge in [0.05, 0.1) is 23.9 Å². The Balaban J connectivity index is 1.64. The van der Waals surface area contributed by atoms with Gasteiger partial charge in [0.25, 0.3) is 17.7 Å². The van der Waals surface area contributed by atoms with E-state index in [0.29, 0.717) is 33.1 Å². The number of benzene rings is 3. The summed E-state index contributed by atoms with van der Waals surface area (Å²) in [5.74, 6) is -0.510. The molecule has 31 heavy (non-hydrogen) atoms. The average Bonchev–Trinajstić information content (AvgIpc) is 3.04. The van der Waals surface area contributed by atoms with Gasteiger partial charge >= 0.3 is 0 Å². The van der Waals surface area contributed by atoms with E-state index >= 15 is 0 Å². The van der Waals surface area contributed by atoms with Crippen LogP contribution in [-0.2, 0) is 0 Å². The lowest BCUT2D eigenvalue weighted by atomic mass is 10.1. The highest BCUT2D eigenvalue weighted by Crippen LogP contribution is 2.30. The zero-order valence-electron chi connectivity index (χ0n) is 16.7. The van der Waals surface area contributed by atoms with Crippen molar-refractivity contribution in [2.24, 2.45) is 0 Å². The first-order valence-electron chi connectivity index (χ1n) is 9.67. The Morgan fingerprint density at radius 1 is 0.903 bits per heavy atom. The van der Waals surface area contributed by atoms with Gasteiger partial charge in [-0.1, -0.05) is 35.9 Å². The Kier molecular flexibility index (Phi) is 5.73. The number of amides is 3. The fraction of sp³-hybridized carbons (Fsp3) is 0.125. The lowest BCUT2D eigenvalue weighted by Crippen LogP contribution is -2.41. The first kappa shape index (κ1) is 20.6. The van der Waals surface area contributed by atoms with Crippen LogP contribution in [0.1, 0.15) is 31.1 Å². The second-order valence-electron chi connectivity index (χ2n) is 6.94. The summed E-state index contributed by atoms with van der Waals surface area (Å²) in [6.45, 7) is 0.150. The van der Waals surface area contributed by atoms with Crippen LogP contribution in [0.2, 0.25) is 5.02 Å².